The largest absolute Gasteiger partial charge is 0.497 e. The van der Waals surface area contributed by atoms with Crippen LogP contribution < -0.4 is 14.2 Å². The first-order valence-corrected chi connectivity index (χ1v) is 9.58. The zero-order valence-corrected chi connectivity index (χ0v) is 17.1. The van der Waals surface area contributed by atoms with E-state index in [0.29, 0.717) is 42.7 Å². The average molecular weight is 409 g/mol. The number of aromatic nitrogens is 2. The minimum absolute atomic E-state index is 0.0636. The Hall–Kier alpha value is -3.55. The van der Waals surface area contributed by atoms with Crippen molar-refractivity contribution in [3.8, 4) is 28.6 Å². The molecule has 30 heavy (non-hydrogen) atoms. The Morgan fingerprint density at radius 1 is 1.07 bits per heavy atom. The Morgan fingerprint density at radius 2 is 1.90 bits per heavy atom. The second-order valence-corrected chi connectivity index (χ2v) is 7.05. The molecule has 1 aromatic heterocycles. The summed E-state index contributed by atoms with van der Waals surface area (Å²) in [5, 5.41) is 4.09. The van der Waals surface area contributed by atoms with Crippen molar-refractivity contribution in [3.05, 3.63) is 53.9 Å². The van der Waals surface area contributed by atoms with Crippen molar-refractivity contribution in [2.75, 3.05) is 27.9 Å². The summed E-state index contributed by atoms with van der Waals surface area (Å²) in [7, 11) is 4.78. The maximum absolute atomic E-state index is 12.5. The highest BCUT2D eigenvalue weighted by Gasteiger charge is 2.34. The van der Waals surface area contributed by atoms with E-state index in [1.165, 1.54) is 0 Å². The van der Waals surface area contributed by atoms with Gasteiger partial charge < -0.3 is 23.6 Å². The van der Waals surface area contributed by atoms with Crippen LogP contribution in [-0.2, 0) is 11.3 Å². The van der Waals surface area contributed by atoms with Gasteiger partial charge in [0.05, 0.1) is 27.2 Å². The van der Waals surface area contributed by atoms with Crippen LogP contribution in [0, 0.1) is 0 Å². The highest BCUT2D eigenvalue weighted by atomic mass is 16.5. The number of likely N-dealkylation sites (tertiary alicyclic amines) is 1. The molecule has 4 rings (SSSR count). The van der Waals surface area contributed by atoms with E-state index < -0.39 is 0 Å². The molecule has 1 amide bonds. The summed E-state index contributed by atoms with van der Waals surface area (Å²) in [5.41, 5.74) is 1.76. The van der Waals surface area contributed by atoms with Gasteiger partial charge in [-0.05, 0) is 35.9 Å². The normalized spacial score (nSPS) is 16.0. The zero-order chi connectivity index (χ0) is 21.1. The van der Waals surface area contributed by atoms with Gasteiger partial charge in [0.25, 0.3) is 0 Å². The van der Waals surface area contributed by atoms with Crippen LogP contribution in [0.3, 0.4) is 0 Å². The maximum atomic E-state index is 12.5. The lowest BCUT2D eigenvalue weighted by Gasteiger charge is -2.16. The van der Waals surface area contributed by atoms with E-state index in [-0.39, 0.29) is 11.8 Å². The predicted octanol–water partition coefficient (Wildman–Crippen LogP) is 3.28. The topological polar surface area (TPSA) is 86.9 Å². The SMILES string of the molecule is COc1cccc(CN2CC(c3nc(-c4ccc(OC)c(OC)c4)no3)CC2=O)c1. The molecule has 3 aromatic rings. The number of hydrogen-bond donors (Lipinski definition) is 0. The molecule has 8 heteroatoms. The molecule has 1 unspecified atom stereocenters. The molecule has 156 valence electrons. The van der Waals surface area contributed by atoms with Crippen molar-refractivity contribution >= 4 is 5.91 Å². The predicted molar refractivity (Wildman–Crippen MR) is 109 cm³/mol. The Labute approximate surface area is 174 Å². The maximum Gasteiger partial charge on any atom is 0.232 e. The highest BCUT2D eigenvalue weighted by molar-refractivity contribution is 5.79. The van der Waals surface area contributed by atoms with Crippen LogP contribution >= 0.6 is 0 Å². The lowest BCUT2D eigenvalue weighted by molar-refractivity contribution is -0.128. The van der Waals surface area contributed by atoms with E-state index >= 15 is 0 Å². The van der Waals surface area contributed by atoms with Gasteiger partial charge in [0.2, 0.25) is 17.6 Å². The van der Waals surface area contributed by atoms with Crippen molar-refractivity contribution < 1.29 is 23.5 Å². The van der Waals surface area contributed by atoms with Gasteiger partial charge in [-0.25, -0.2) is 0 Å². The zero-order valence-electron chi connectivity index (χ0n) is 17.1. The van der Waals surface area contributed by atoms with Crippen LogP contribution in [0.4, 0.5) is 0 Å². The Kier molecular flexibility index (Phi) is 5.56. The van der Waals surface area contributed by atoms with Crippen LogP contribution in [0.15, 0.2) is 47.0 Å². The van der Waals surface area contributed by atoms with Gasteiger partial charge in [0.15, 0.2) is 11.5 Å². The van der Waals surface area contributed by atoms with E-state index in [4.69, 9.17) is 18.7 Å². The van der Waals surface area contributed by atoms with E-state index in [1.807, 2.05) is 30.3 Å². The van der Waals surface area contributed by atoms with Crippen molar-refractivity contribution in [1.29, 1.82) is 0 Å². The first-order valence-electron chi connectivity index (χ1n) is 9.58. The first kappa shape index (κ1) is 19.8. The standard InChI is InChI=1S/C22H23N3O5/c1-27-17-6-4-5-14(9-17)12-25-13-16(11-20(25)26)22-23-21(24-30-22)15-7-8-18(28-2)19(10-15)29-3/h4-10,16H,11-13H2,1-3H3. The van der Waals surface area contributed by atoms with Crippen LogP contribution in [0.2, 0.25) is 0 Å². The van der Waals surface area contributed by atoms with Crippen molar-refractivity contribution in [2.45, 2.75) is 18.9 Å². The molecule has 0 radical (unpaired) electrons. The highest BCUT2D eigenvalue weighted by Crippen LogP contribution is 2.33. The molecule has 0 bridgehead atoms. The molecule has 1 saturated heterocycles. The summed E-state index contributed by atoms with van der Waals surface area (Å²) in [6.45, 7) is 1.05. The molecule has 8 nitrogen and oxygen atoms in total. The molecule has 1 aliphatic rings. The molecular formula is C22H23N3O5. The molecule has 2 aromatic carbocycles. The number of ether oxygens (including phenoxy) is 3. The number of carbonyl (C=O) groups is 1. The van der Waals surface area contributed by atoms with Gasteiger partial charge in [-0.3, -0.25) is 4.79 Å². The molecule has 1 fully saturated rings. The number of nitrogens with zero attached hydrogens (tertiary/aromatic N) is 3. The third-order valence-electron chi connectivity index (χ3n) is 5.15. The first-order chi connectivity index (χ1) is 14.6. The number of methoxy groups -OCH3 is 3. The van der Waals surface area contributed by atoms with Crippen LogP contribution in [0.1, 0.15) is 23.8 Å². The summed E-state index contributed by atoms with van der Waals surface area (Å²) >= 11 is 0. The summed E-state index contributed by atoms with van der Waals surface area (Å²) in [6, 6.07) is 13.1. The average Bonchev–Trinajstić information content (AvgIpc) is 3.40. The third kappa shape index (κ3) is 3.94. The van der Waals surface area contributed by atoms with Crippen LogP contribution in [-0.4, -0.2) is 48.8 Å². The van der Waals surface area contributed by atoms with Gasteiger partial charge in [0, 0.05) is 25.1 Å². The molecule has 1 atom stereocenters. The Balaban J connectivity index is 1.48. The van der Waals surface area contributed by atoms with E-state index in [1.54, 1.807) is 38.4 Å². The number of hydrogen-bond acceptors (Lipinski definition) is 7. The van der Waals surface area contributed by atoms with Crippen LogP contribution in [0.5, 0.6) is 17.2 Å². The molecule has 0 aliphatic carbocycles. The van der Waals surface area contributed by atoms with E-state index in [0.717, 1.165) is 16.9 Å². The fraction of sp³-hybridized carbons (Fsp3) is 0.318. The number of carbonyl (C=O) groups excluding carboxylic acids is 1. The summed E-state index contributed by atoms with van der Waals surface area (Å²) < 4.78 is 21.3. The van der Waals surface area contributed by atoms with Crippen molar-refractivity contribution in [1.82, 2.24) is 15.0 Å². The van der Waals surface area contributed by atoms with Crippen molar-refractivity contribution in [2.24, 2.45) is 0 Å². The molecule has 0 saturated carbocycles. The van der Waals surface area contributed by atoms with Crippen LogP contribution in [0.25, 0.3) is 11.4 Å². The Bertz CT molecular complexity index is 1050. The number of rotatable bonds is 7. The molecule has 0 spiro atoms. The minimum Gasteiger partial charge on any atom is -0.497 e. The number of benzene rings is 2. The van der Waals surface area contributed by atoms with Gasteiger partial charge in [-0.2, -0.15) is 4.98 Å². The second kappa shape index (κ2) is 8.44. The third-order valence-corrected chi connectivity index (χ3v) is 5.15. The van der Waals surface area contributed by atoms with E-state index in [2.05, 4.69) is 10.1 Å². The van der Waals surface area contributed by atoms with Gasteiger partial charge >= 0.3 is 0 Å². The molecule has 0 N–H and O–H groups in total. The van der Waals surface area contributed by atoms with Crippen molar-refractivity contribution in [3.63, 3.8) is 0 Å². The van der Waals surface area contributed by atoms with Gasteiger partial charge in [0.1, 0.15) is 5.75 Å². The fourth-order valence-corrected chi connectivity index (χ4v) is 3.58. The molecule has 1 aliphatic heterocycles. The van der Waals surface area contributed by atoms with E-state index in [9.17, 15) is 4.79 Å². The summed E-state index contributed by atoms with van der Waals surface area (Å²) in [6.07, 6.45) is 0.345. The smallest absolute Gasteiger partial charge is 0.232 e. The molecular weight excluding hydrogens is 386 g/mol. The molecule has 2 heterocycles. The summed E-state index contributed by atoms with van der Waals surface area (Å²) in [4.78, 5) is 18.9. The van der Waals surface area contributed by atoms with Gasteiger partial charge in [-0.15, -0.1) is 0 Å². The van der Waals surface area contributed by atoms with Gasteiger partial charge in [-0.1, -0.05) is 17.3 Å². The lowest BCUT2D eigenvalue weighted by atomic mass is 10.1. The second-order valence-electron chi connectivity index (χ2n) is 7.05. The quantitative estimate of drug-likeness (QED) is 0.592. The fourth-order valence-electron chi connectivity index (χ4n) is 3.58. The lowest BCUT2D eigenvalue weighted by Crippen LogP contribution is -2.24. The summed E-state index contributed by atoms with van der Waals surface area (Å²) in [5.74, 6) is 2.82. The number of amides is 1. The Morgan fingerprint density at radius 3 is 2.67 bits per heavy atom. The minimum atomic E-state index is -0.135. The monoisotopic (exact) mass is 409 g/mol.